The monoisotopic (exact) mass is 310 g/mol. The highest BCUT2D eigenvalue weighted by atomic mass is 16.7. The fourth-order valence-electron chi connectivity index (χ4n) is 2.64. The minimum Gasteiger partial charge on any atom is -0.461 e. The first-order valence-corrected chi connectivity index (χ1v) is 7.32. The van der Waals surface area contributed by atoms with Gasteiger partial charge in [-0.25, -0.2) is 9.78 Å². The molecule has 0 bridgehead atoms. The minimum atomic E-state index is -0.404. The summed E-state index contributed by atoms with van der Waals surface area (Å²) in [6.45, 7) is 2.29. The molecule has 1 aromatic carbocycles. The lowest BCUT2D eigenvalue weighted by Gasteiger charge is -2.05. The maximum absolute atomic E-state index is 12.4. The van der Waals surface area contributed by atoms with Crippen LogP contribution in [0, 0.1) is 0 Å². The molecule has 0 fully saturated rings. The number of hydrogen-bond donors (Lipinski definition) is 0. The summed E-state index contributed by atoms with van der Waals surface area (Å²) in [7, 11) is 0. The highest BCUT2D eigenvalue weighted by Crippen LogP contribution is 2.36. The molecule has 0 atom stereocenters. The normalized spacial score (nSPS) is 12.6. The summed E-state index contributed by atoms with van der Waals surface area (Å²) in [5, 5.41) is 0. The van der Waals surface area contributed by atoms with Crippen LogP contribution in [0.2, 0.25) is 0 Å². The van der Waals surface area contributed by atoms with E-state index in [2.05, 4.69) is 4.98 Å². The Balaban J connectivity index is 1.92. The van der Waals surface area contributed by atoms with Gasteiger partial charge in [0.05, 0.1) is 6.61 Å². The zero-order chi connectivity index (χ0) is 15.8. The van der Waals surface area contributed by atoms with Crippen molar-refractivity contribution in [2.75, 3.05) is 13.4 Å². The minimum absolute atomic E-state index is 0.203. The number of fused-ring (bicyclic) bond motifs is 2. The van der Waals surface area contributed by atoms with E-state index in [0.29, 0.717) is 35.1 Å². The molecule has 116 valence electrons. The van der Waals surface area contributed by atoms with Crippen molar-refractivity contribution < 1.29 is 19.0 Å². The molecule has 0 spiro atoms. The largest absolute Gasteiger partial charge is 0.461 e. The highest BCUT2D eigenvalue weighted by Gasteiger charge is 2.23. The van der Waals surface area contributed by atoms with Crippen LogP contribution in [0.25, 0.3) is 16.9 Å². The first kappa shape index (κ1) is 13.6. The Kier molecular flexibility index (Phi) is 3.15. The second kappa shape index (κ2) is 5.31. The van der Waals surface area contributed by atoms with Gasteiger partial charge >= 0.3 is 5.97 Å². The molecule has 0 radical (unpaired) electrons. The van der Waals surface area contributed by atoms with Crippen molar-refractivity contribution in [3.63, 3.8) is 0 Å². The number of imidazole rings is 1. The zero-order valence-corrected chi connectivity index (χ0v) is 12.5. The Bertz CT molecular complexity index is 901. The van der Waals surface area contributed by atoms with Gasteiger partial charge in [-0.1, -0.05) is 6.07 Å². The van der Waals surface area contributed by atoms with Gasteiger partial charge in [-0.2, -0.15) is 0 Å². The highest BCUT2D eigenvalue weighted by molar-refractivity contribution is 5.96. The summed E-state index contributed by atoms with van der Waals surface area (Å²) in [4.78, 5) is 17.0. The van der Waals surface area contributed by atoms with Crippen LogP contribution in [0.5, 0.6) is 11.5 Å². The van der Waals surface area contributed by atoms with E-state index in [9.17, 15) is 4.79 Å². The number of pyridine rings is 1. The number of carbonyl (C=O) groups excluding carboxylic acids is 1. The molecular weight excluding hydrogens is 296 g/mol. The van der Waals surface area contributed by atoms with Gasteiger partial charge in [0.1, 0.15) is 11.3 Å². The van der Waals surface area contributed by atoms with E-state index in [1.807, 2.05) is 36.4 Å². The predicted octanol–water partition coefficient (Wildman–Crippen LogP) is 2.91. The summed E-state index contributed by atoms with van der Waals surface area (Å²) in [6, 6.07) is 11.1. The van der Waals surface area contributed by atoms with Crippen molar-refractivity contribution in [1.29, 1.82) is 0 Å². The molecule has 0 N–H and O–H groups in total. The maximum atomic E-state index is 12.4. The summed E-state index contributed by atoms with van der Waals surface area (Å²) < 4.78 is 17.7. The fraction of sp³-hybridized carbons (Fsp3) is 0.176. The zero-order valence-electron chi connectivity index (χ0n) is 12.5. The molecule has 0 saturated heterocycles. The van der Waals surface area contributed by atoms with E-state index in [1.54, 1.807) is 17.5 Å². The van der Waals surface area contributed by atoms with Crippen LogP contribution in [0.15, 0.2) is 42.6 Å². The number of aromatic nitrogens is 2. The molecule has 0 amide bonds. The standard InChI is InChI=1S/C17H14N2O4/c1-2-21-17(20)16-15(18-14-5-3-4-8-19(14)16)11-6-7-12-13(9-11)23-10-22-12/h3-9H,2,10H2,1H3. The van der Waals surface area contributed by atoms with Crippen LogP contribution in [-0.2, 0) is 4.74 Å². The molecule has 3 heterocycles. The third-order valence-electron chi connectivity index (χ3n) is 3.64. The average Bonchev–Trinajstić information content (AvgIpc) is 3.18. The van der Waals surface area contributed by atoms with Gasteiger partial charge in [0.2, 0.25) is 6.79 Å². The molecule has 6 heteroatoms. The number of nitrogens with zero attached hydrogens (tertiary/aromatic N) is 2. The second-order valence-electron chi connectivity index (χ2n) is 5.03. The summed E-state index contributed by atoms with van der Waals surface area (Å²) in [5.74, 6) is 0.934. The molecule has 0 unspecified atom stereocenters. The molecule has 23 heavy (non-hydrogen) atoms. The van der Waals surface area contributed by atoms with Crippen molar-refractivity contribution in [2.24, 2.45) is 0 Å². The summed E-state index contributed by atoms with van der Waals surface area (Å²) >= 11 is 0. The van der Waals surface area contributed by atoms with Gasteiger partial charge in [-0.15, -0.1) is 0 Å². The summed E-state index contributed by atoms with van der Waals surface area (Å²) in [6.07, 6.45) is 1.80. The van der Waals surface area contributed by atoms with E-state index in [4.69, 9.17) is 14.2 Å². The second-order valence-corrected chi connectivity index (χ2v) is 5.03. The molecule has 6 nitrogen and oxygen atoms in total. The number of benzene rings is 1. The molecule has 2 aromatic heterocycles. The van der Waals surface area contributed by atoms with Crippen molar-refractivity contribution in [2.45, 2.75) is 6.92 Å². The first-order chi connectivity index (χ1) is 11.3. The Morgan fingerprint density at radius 3 is 3.00 bits per heavy atom. The van der Waals surface area contributed by atoms with Gasteiger partial charge in [-0.05, 0) is 37.3 Å². The van der Waals surface area contributed by atoms with Crippen LogP contribution < -0.4 is 9.47 Å². The fourth-order valence-corrected chi connectivity index (χ4v) is 2.64. The van der Waals surface area contributed by atoms with Crippen molar-refractivity contribution in [3.05, 3.63) is 48.3 Å². The number of rotatable bonds is 3. The van der Waals surface area contributed by atoms with Crippen molar-refractivity contribution >= 4 is 11.6 Å². The van der Waals surface area contributed by atoms with Gasteiger partial charge in [0.15, 0.2) is 17.2 Å². The van der Waals surface area contributed by atoms with Gasteiger partial charge in [-0.3, -0.25) is 4.40 Å². The van der Waals surface area contributed by atoms with E-state index in [-0.39, 0.29) is 6.79 Å². The average molecular weight is 310 g/mol. The molecular formula is C17H14N2O4. The van der Waals surface area contributed by atoms with E-state index in [1.165, 1.54) is 0 Å². The molecule has 1 aliphatic rings. The predicted molar refractivity (Wildman–Crippen MR) is 82.7 cm³/mol. The first-order valence-electron chi connectivity index (χ1n) is 7.32. The number of esters is 1. The lowest BCUT2D eigenvalue weighted by Crippen LogP contribution is -2.09. The quantitative estimate of drug-likeness (QED) is 0.696. The van der Waals surface area contributed by atoms with Crippen LogP contribution in [0.3, 0.4) is 0 Å². The Labute approximate surface area is 132 Å². The number of carbonyl (C=O) groups is 1. The van der Waals surface area contributed by atoms with E-state index >= 15 is 0 Å². The van der Waals surface area contributed by atoms with E-state index in [0.717, 1.165) is 5.56 Å². The maximum Gasteiger partial charge on any atom is 0.357 e. The van der Waals surface area contributed by atoms with E-state index < -0.39 is 5.97 Å². The number of ether oxygens (including phenoxy) is 3. The van der Waals surface area contributed by atoms with Crippen molar-refractivity contribution in [3.8, 4) is 22.8 Å². The summed E-state index contributed by atoms with van der Waals surface area (Å²) in [5.41, 5.74) is 2.43. The van der Waals surface area contributed by atoms with Crippen LogP contribution >= 0.6 is 0 Å². The smallest absolute Gasteiger partial charge is 0.357 e. The molecule has 1 aliphatic heterocycles. The van der Waals surface area contributed by atoms with Gasteiger partial charge in [0, 0.05) is 11.8 Å². The molecule has 3 aromatic rings. The van der Waals surface area contributed by atoms with Crippen LogP contribution in [0.4, 0.5) is 0 Å². The Morgan fingerprint density at radius 2 is 2.13 bits per heavy atom. The SMILES string of the molecule is CCOC(=O)c1c(-c2ccc3c(c2)OCO3)nc2ccccn12. The molecule has 4 rings (SSSR count). The van der Waals surface area contributed by atoms with Crippen LogP contribution in [0.1, 0.15) is 17.4 Å². The topological polar surface area (TPSA) is 62.1 Å². The van der Waals surface area contributed by atoms with Crippen LogP contribution in [-0.4, -0.2) is 28.8 Å². The molecule has 0 aliphatic carbocycles. The lowest BCUT2D eigenvalue weighted by atomic mass is 10.1. The van der Waals surface area contributed by atoms with Gasteiger partial charge < -0.3 is 14.2 Å². The third kappa shape index (κ3) is 2.19. The Morgan fingerprint density at radius 1 is 1.26 bits per heavy atom. The van der Waals surface area contributed by atoms with Gasteiger partial charge in [0.25, 0.3) is 0 Å². The lowest BCUT2D eigenvalue weighted by molar-refractivity contribution is 0.0519. The molecule has 0 saturated carbocycles. The number of hydrogen-bond acceptors (Lipinski definition) is 5. The third-order valence-corrected chi connectivity index (χ3v) is 3.64. The Hall–Kier alpha value is -3.02. The van der Waals surface area contributed by atoms with Crippen molar-refractivity contribution in [1.82, 2.24) is 9.38 Å².